The molecular formula is C14H13BrN4O. The largest absolute Gasteiger partial charge is 0.368 e. The normalized spacial score (nSPS) is 17.9. The molecule has 6 heteroatoms. The van der Waals surface area contributed by atoms with Gasteiger partial charge in [0, 0.05) is 23.3 Å². The number of hydrogen-bond donors (Lipinski definition) is 1. The molecule has 20 heavy (non-hydrogen) atoms. The number of anilines is 1. The zero-order valence-electron chi connectivity index (χ0n) is 10.9. The van der Waals surface area contributed by atoms with Crippen LogP contribution < -0.4 is 5.73 Å². The van der Waals surface area contributed by atoms with E-state index >= 15 is 0 Å². The standard InChI is InChI=1S/C14H13BrN4O/c1-7-13-11(19-14(16)18-7)4-8(5-12(13)20)9-6-17-3-2-10(9)15/h2-3,6,8H,4-5H2,1H3,(H2,16,18,19). The maximum Gasteiger partial charge on any atom is 0.220 e. The third kappa shape index (κ3) is 2.20. The number of pyridine rings is 1. The number of Topliss-reactive ketones (excluding diaryl/α,β-unsaturated/α-hetero) is 1. The van der Waals surface area contributed by atoms with Crippen molar-refractivity contribution in [2.75, 3.05) is 5.73 Å². The van der Waals surface area contributed by atoms with Crippen LogP contribution in [-0.4, -0.2) is 20.7 Å². The zero-order chi connectivity index (χ0) is 14.3. The lowest BCUT2D eigenvalue weighted by Crippen LogP contribution is -2.23. The fraction of sp³-hybridized carbons (Fsp3) is 0.286. The van der Waals surface area contributed by atoms with E-state index in [-0.39, 0.29) is 17.6 Å². The molecule has 2 aromatic rings. The number of halogens is 1. The number of aromatic nitrogens is 3. The van der Waals surface area contributed by atoms with Gasteiger partial charge < -0.3 is 5.73 Å². The minimum absolute atomic E-state index is 0.0736. The van der Waals surface area contributed by atoms with E-state index in [2.05, 4.69) is 30.9 Å². The molecule has 0 saturated carbocycles. The van der Waals surface area contributed by atoms with Gasteiger partial charge in [0.1, 0.15) is 0 Å². The molecule has 0 saturated heterocycles. The summed E-state index contributed by atoms with van der Waals surface area (Å²) >= 11 is 3.51. The van der Waals surface area contributed by atoms with Crippen LogP contribution in [0.25, 0.3) is 0 Å². The Bertz CT molecular complexity index is 702. The van der Waals surface area contributed by atoms with E-state index in [0.717, 1.165) is 15.7 Å². The fourth-order valence-electron chi connectivity index (χ4n) is 2.71. The van der Waals surface area contributed by atoms with Crippen LogP contribution >= 0.6 is 15.9 Å². The highest BCUT2D eigenvalue weighted by Gasteiger charge is 2.30. The average Bonchev–Trinajstić information content (AvgIpc) is 2.37. The van der Waals surface area contributed by atoms with E-state index < -0.39 is 0 Å². The summed E-state index contributed by atoms with van der Waals surface area (Å²) in [6.07, 6.45) is 4.64. The third-order valence-electron chi connectivity index (χ3n) is 3.57. The molecule has 0 aliphatic heterocycles. The molecular weight excluding hydrogens is 320 g/mol. The van der Waals surface area contributed by atoms with Crippen LogP contribution in [0.15, 0.2) is 22.9 Å². The third-order valence-corrected chi connectivity index (χ3v) is 4.29. The summed E-state index contributed by atoms with van der Waals surface area (Å²) in [5, 5.41) is 0. The van der Waals surface area contributed by atoms with Crippen molar-refractivity contribution < 1.29 is 4.79 Å². The second-order valence-electron chi connectivity index (χ2n) is 4.91. The smallest absolute Gasteiger partial charge is 0.220 e. The molecule has 1 aliphatic carbocycles. The van der Waals surface area contributed by atoms with E-state index in [1.807, 2.05) is 6.07 Å². The Morgan fingerprint density at radius 1 is 1.35 bits per heavy atom. The van der Waals surface area contributed by atoms with Crippen molar-refractivity contribution in [1.82, 2.24) is 15.0 Å². The van der Waals surface area contributed by atoms with Crippen molar-refractivity contribution in [3.63, 3.8) is 0 Å². The predicted octanol–water partition coefficient (Wildman–Crippen LogP) is 2.44. The van der Waals surface area contributed by atoms with Crippen LogP contribution in [0.5, 0.6) is 0 Å². The van der Waals surface area contributed by atoms with E-state index in [1.54, 1.807) is 19.3 Å². The second kappa shape index (κ2) is 4.94. The monoisotopic (exact) mass is 332 g/mol. The summed E-state index contributed by atoms with van der Waals surface area (Å²) in [6.45, 7) is 1.80. The van der Waals surface area contributed by atoms with E-state index in [1.165, 1.54) is 0 Å². The Balaban J connectivity index is 2.05. The summed E-state index contributed by atoms with van der Waals surface area (Å²) in [5.74, 6) is 0.372. The van der Waals surface area contributed by atoms with E-state index in [0.29, 0.717) is 24.1 Å². The van der Waals surface area contributed by atoms with Crippen LogP contribution in [0.3, 0.4) is 0 Å². The first kappa shape index (κ1) is 13.2. The number of ketones is 1. The Labute approximate surface area is 124 Å². The first-order valence-corrected chi connectivity index (χ1v) is 7.11. The minimum Gasteiger partial charge on any atom is -0.368 e. The highest BCUT2D eigenvalue weighted by Crippen LogP contribution is 2.35. The van der Waals surface area contributed by atoms with Gasteiger partial charge >= 0.3 is 0 Å². The lowest BCUT2D eigenvalue weighted by Gasteiger charge is -2.24. The molecule has 5 nitrogen and oxygen atoms in total. The lowest BCUT2D eigenvalue weighted by molar-refractivity contribution is 0.0962. The molecule has 1 unspecified atom stereocenters. The van der Waals surface area contributed by atoms with Crippen LogP contribution in [-0.2, 0) is 6.42 Å². The van der Waals surface area contributed by atoms with Crippen molar-refractivity contribution >= 4 is 27.7 Å². The number of nitrogens with zero attached hydrogens (tertiary/aromatic N) is 3. The number of nitrogens with two attached hydrogens (primary N) is 1. The molecule has 1 aliphatic rings. The van der Waals surface area contributed by atoms with Gasteiger partial charge in [-0.2, -0.15) is 0 Å². The van der Waals surface area contributed by atoms with Gasteiger partial charge in [-0.1, -0.05) is 15.9 Å². The van der Waals surface area contributed by atoms with E-state index in [4.69, 9.17) is 5.73 Å². The number of nitrogen functional groups attached to an aromatic ring is 1. The maximum atomic E-state index is 12.4. The molecule has 0 amide bonds. The van der Waals surface area contributed by atoms with Gasteiger partial charge in [-0.25, -0.2) is 9.97 Å². The SMILES string of the molecule is Cc1nc(N)nc2c1C(=O)CC(c1cnccc1Br)C2. The van der Waals surface area contributed by atoms with Crippen molar-refractivity contribution in [3.05, 3.63) is 45.4 Å². The molecule has 2 N–H and O–H groups in total. The zero-order valence-corrected chi connectivity index (χ0v) is 12.5. The summed E-state index contributed by atoms with van der Waals surface area (Å²) in [4.78, 5) is 24.8. The Hall–Kier alpha value is -1.82. The van der Waals surface area contributed by atoms with Gasteiger partial charge in [-0.3, -0.25) is 9.78 Å². The molecule has 2 aromatic heterocycles. The summed E-state index contributed by atoms with van der Waals surface area (Å²) < 4.78 is 0.965. The number of hydrogen-bond acceptors (Lipinski definition) is 5. The average molecular weight is 333 g/mol. The van der Waals surface area contributed by atoms with Crippen molar-refractivity contribution in [1.29, 1.82) is 0 Å². The second-order valence-corrected chi connectivity index (χ2v) is 5.77. The quantitative estimate of drug-likeness (QED) is 0.867. The number of rotatable bonds is 1. The van der Waals surface area contributed by atoms with Gasteiger partial charge in [0.25, 0.3) is 0 Å². The number of fused-ring (bicyclic) bond motifs is 1. The first-order chi connectivity index (χ1) is 9.56. The Kier molecular flexibility index (Phi) is 3.25. The summed E-state index contributed by atoms with van der Waals surface area (Å²) in [6, 6.07) is 1.88. The Morgan fingerprint density at radius 3 is 2.90 bits per heavy atom. The van der Waals surface area contributed by atoms with Crippen molar-refractivity contribution in [2.45, 2.75) is 25.7 Å². The molecule has 1 atom stereocenters. The van der Waals surface area contributed by atoms with Crippen LogP contribution in [0, 0.1) is 6.92 Å². The number of aryl methyl sites for hydroxylation is 1. The highest BCUT2D eigenvalue weighted by atomic mass is 79.9. The molecule has 0 spiro atoms. The summed E-state index contributed by atoms with van der Waals surface area (Å²) in [7, 11) is 0. The summed E-state index contributed by atoms with van der Waals surface area (Å²) in [5.41, 5.74) is 8.76. The highest BCUT2D eigenvalue weighted by molar-refractivity contribution is 9.10. The Morgan fingerprint density at radius 2 is 2.15 bits per heavy atom. The molecule has 0 bridgehead atoms. The minimum atomic E-state index is 0.0736. The molecule has 3 rings (SSSR count). The van der Waals surface area contributed by atoms with Gasteiger partial charge in [0.2, 0.25) is 5.95 Å². The topological polar surface area (TPSA) is 81.8 Å². The fourth-order valence-corrected chi connectivity index (χ4v) is 3.25. The van der Waals surface area contributed by atoms with Crippen LogP contribution in [0.1, 0.15) is 39.6 Å². The molecule has 0 aromatic carbocycles. The molecule has 2 heterocycles. The predicted molar refractivity (Wildman–Crippen MR) is 78.5 cm³/mol. The van der Waals surface area contributed by atoms with Crippen molar-refractivity contribution in [3.8, 4) is 0 Å². The van der Waals surface area contributed by atoms with Gasteiger partial charge in [-0.05, 0) is 30.9 Å². The van der Waals surface area contributed by atoms with Gasteiger partial charge in [0.15, 0.2) is 5.78 Å². The number of carbonyl (C=O) groups is 1. The lowest BCUT2D eigenvalue weighted by atomic mass is 9.82. The maximum absolute atomic E-state index is 12.4. The number of carbonyl (C=O) groups excluding carboxylic acids is 1. The molecule has 102 valence electrons. The molecule has 0 radical (unpaired) electrons. The van der Waals surface area contributed by atoms with Crippen molar-refractivity contribution in [2.24, 2.45) is 0 Å². The first-order valence-electron chi connectivity index (χ1n) is 6.32. The van der Waals surface area contributed by atoms with E-state index in [9.17, 15) is 4.79 Å². The van der Waals surface area contributed by atoms with Gasteiger partial charge in [0.05, 0.1) is 17.0 Å². The van der Waals surface area contributed by atoms with Crippen LogP contribution in [0.4, 0.5) is 5.95 Å². The van der Waals surface area contributed by atoms with Crippen LogP contribution in [0.2, 0.25) is 0 Å². The van der Waals surface area contributed by atoms with Gasteiger partial charge in [-0.15, -0.1) is 0 Å². The molecule has 0 fully saturated rings.